The van der Waals surface area contributed by atoms with Gasteiger partial charge in [0, 0.05) is 11.6 Å². The summed E-state index contributed by atoms with van der Waals surface area (Å²) in [6, 6.07) is 16.4. The van der Waals surface area contributed by atoms with Gasteiger partial charge in [-0.05, 0) is 57.4 Å². The van der Waals surface area contributed by atoms with Gasteiger partial charge in [0.05, 0.1) is 17.5 Å². The van der Waals surface area contributed by atoms with E-state index in [-0.39, 0.29) is 29.6 Å². The number of hydrogen-bond donors (Lipinski definition) is 2. The first-order valence-corrected chi connectivity index (χ1v) is 10.4. The first-order valence-electron chi connectivity index (χ1n) is 9.56. The second kappa shape index (κ2) is 8.81. The molecule has 6 nitrogen and oxygen atoms in total. The Morgan fingerprint density at radius 1 is 1.19 bits per heavy atom. The highest BCUT2D eigenvalue weighted by atomic mass is 79.9. The zero-order valence-corrected chi connectivity index (χ0v) is 18.5. The fourth-order valence-corrected chi connectivity index (χ4v) is 4.14. The normalized spacial score (nSPS) is 14.9. The third-order valence-electron chi connectivity index (χ3n) is 5.08. The number of halogens is 2. The fourth-order valence-electron chi connectivity index (χ4n) is 3.57. The zero-order chi connectivity index (χ0) is 22.8. The largest absolute Gasteiger partial charge is 0.508 e. The highest BCUT2D eigenvalue weighted by molar-refractivity contribution is 9.10. The van der Waals surface area contributed by atoms with Crippen molar-refractivity contribution in [3.8, 4) is 29.1 Å². The smallest absolute Gasteiger partial charge is 0.205 e. The SMILES string of the molecule is COc1cc([C@@H]2C(C#N)=C(N)Oc3cc(O)ccc32)cc(Br)c1OCc1ccc(F)cc1. The first kappa shape index (κ1) is 21.5. The Bertz CT molecular complexity index is 1250. The van der Waals surface area contributed by atoms with Gasteiger partial charge in [-0.1, -0.05) is 18.2 Å². The molecule has 0 amide bonds. The van der Waals surface area contributed by atoms with Gasteiger partial charge in [-0.15, -0.1) is 0 Å². The summed E-state index contributed by atoms with van der Waals surface area (Å²) in [7, 11) is 1.52. The minimum Gasteiger partial charge on any atom is -0.508 e. The number of hydrogen-bond acceptors (Lipinski definition) is 6. The lowest BCUT2D eigenvalue weighted by Crippen LogP contribution is -2.21. The Balaban J connectivity index is 1.74. The van der Waals surface area contributed by atoms with Gasteiger partial charge < -0.3 is 25.1 Å². The van der Waals surface area contributed by atoms with E-state index in [0.717, 1.165) is 11.1 Å². The molecule has 3 N–H and O–H groups in total. The van der Waals surface area contributed by atoms with Gasteiger partial charge in [0.15, 0.2) is 11.5 Å². The van der Waals surface area contributed by atoms with E-state index in [1.807, 2.05) is 6.07 Å². The van der Waals surface area contributed by atoms with E-state index >= 15 is 0 Å². The van der Waals surface area contributed by atoms with E-state index in [9.17, 15) is 14.8 Å². The van der Waals surface area contributed by atoms with Crippen LogP contribution in [-0.2, 0) is 6.61 Å². The van der Waals surface area contributed by atoms with Crippen molar-refractivity contribution in [2.75, 3.05) is 7.11 Å². The summed E-state index contributed by atoms with van der Waals surface area (Å²) in [5, 5.41) is 19.6. The molecule has 8 heteroatoms. The molecule has 1 heterocycles. The molecule has 0 fully saturated rings. The van der Waals surface area contributed by atoms with Gasteiger partial charge in [0.1, 0.15) is 35.6 Å². The Hall–Kier alpha value is -3.70. The molecule has 3 aromatic carbocycles. The van der Waals surface area contributed by atoms with Crippen molar-refractivity contribution in [2.45, 2.75) is 12.5 Å². The summed E-state index contributed by atoms with van der Waals surface area (Å²) in [5.41, 5.74) is 8.45. The molecule has 3 aromatic rings. The molecular weight excluding hydrogens is 479 g/mol. The number of phenolic OH excluding ortho intramolecular Hbond substituents is 1. The summed E-state index contributed by atoms with van der Waals surface area (Å²) in [5.74, 6) is 0.441. The van der Waals surface area contributed by atoms with Crippen LogP contribution in [0.2, 0.25) is 0 Å². The number of nitrogens with zero attached hydrogens (tertiary/aromatic N) is 1. The molecule has 0 aromatic heterocycles. The fraction of sp³-hybridized carbons (Fsp3) is 0.125. The average molecular weight is 497 g/mol. The van der Waals surface area contributed by atoms with Crippen LogP contribution in [0, 0.1) is 17.1 Å². The average Bonchev–Trinajstić information content (AvgIpc) is 2.77. The van der Waals surface area contributed by atoms with Crippen LogP contribution >= 0.6 is 15.9 Å². The Morgan fingerprint density at radius 2 is 1.94 bits per heavy atom. The minimum absolute atomic E-state index is 0.0256. The van der Waals surface area contributed by atoms with E-state index in [0.29, 0.717) is 27.3 Å². The first-order chi connectivity index (χ1) is 15.4. The number of benzene rings is 3. The number of fused-ring (bicyclic) bond motifs is 1. The van der Waals surface area contributed by atoms with E-state index in [1.165, 1.54) is 31.4 Å². The standard InChI is InChI=1S/C24H18BrFN2O4/c1-30-21-9-14(8-19(25)23(21)31-12-13-2-4-15(26)5-3-13)22-17-7-6-16(29)10-20(17)32-24(28)18(22)11-27/h2-10,22,29H,12,28H2,1H3/t22-/m0/s1. The Kier molecular flexibility index (Phi) is 5.93. The second-order valence-corrected chi connectivity index (χ2v) is 7.95. The molecule has 0 aliphatic carbocycles. The number of phenols is 1. The predicted octanol–water partition coefficient (Wildman–Crippen LogP) is 5.10. The lowest BCUT2D eigenvalue weighted by Gasteiger charge is -2.27. The molecule has 0 radical (unpaired) electrons. The molecule has 0 spiro atoms. The summed E-state index contributed by atoms with van der Waals surface area (Å²) in [4.78, 5) is 0. The highest BCUT2D eigenvalue weighted by Gasteiger charge is 2.32. The third kappa shape index (κ3) is 4.07. The lowest BCUT2D eigenvalue weighted by molar-refractivity contribution is 0.282. The summed E-state index contributed by atoms with van der Waals surface area (Å²) in [6.45, 7) is 0.213. The highest BCUT2D eigenvalue weighted by Crippen LogP contribution is 2.47. The summed E-state index contributed by atoms with van der Waals surface area (Å²) < 4.78 is 30.8. The van der Waals surface area contributed by atoms with Crippen molar-refractivity contribution in [1.82, 2.24) is 0 Å². The molecule has 0 bridgehead atoms. The van der Waals surface area contributed by atoms with Crippen molar-refractivity contribution in [2.24, 2.45) is 5.73 Å². The van der Waals surface area contributed by atoms with Crippen LogP contribution in [0.3, 0.4) is 0 Å². The summed E-state index contributed by atoms with van der Waals surface area (Å²) >= 11 is 3.53. The predicted molar refractivity (Wildman–Crippen MR) is 119 cm³/mol. The van der Waals surface area contributed by atoms with Gasteiger partial charge in [-0.2, -0.15) is 5.26 Å². The Labute approximate surface area is 192 Å². The van der Waals surface area contributed by atoms with Gasteiger partial charge >= 0.3 is 0 Å². The maximum absolute atomic E-state index is 13.1. The van der Waals surface area contributed by atoms with E-state index in [4.69, 9.17) is 19.9 Å². The topological polar surface area (TPSA) is 97.7 Å². The lowest BCUT2D eigenvalue weighted by atomic mass is 9.83. The van der Waals surface area contributed by atoms with Crippen molar-refractivity contribution in [3.05, 3.63) is 93.0 Å². The van der Waals surface area contributed by atoms with Crippen LogP contribution in [0.5, 0.6) is 23.0 Å². The van der Waals surface area contributed by atoms with Gasteiger partial charge in [0.2, 0.25) is 5.88 Å². The molecule has 0 saturated heterocycles. The third-order valence-corrected chi connectivity index (χ3v) is 5.67. The van der Waals surface area contributed by atoms with Crippen molar-refractivity contribution >= 4 is 15.9 Å². The molecule has 1 atom stereocenters. The van der Waals surface area contributed by atoms with Crippen LogP contribution in [0.4, 0.5) is 4.39 Å². The molecule has 1 aliphatic rings. The number of nitriles is 1. The molecule has 32 heavy (non-hydrogen) atoms. The summed E-state index contributed by atoms with van der Waals surface area (Å²) in [6.07, 6.45) is 0. The second-order valence-electron chi connectivity index (χ2n) is 7.10. The monoisotopic (exact) mass is 496 g/mol. The van der Waals surface area contributed by atoms with Crippen LogP contribution in [0.1, 0.15) is 22.6 Å². The number of methoxy groups -OCH3 is 1. The molecule has 4 rings (SSSR count). The van der Waals surface area contributed by atoms with Crippen molar-refractivity contribution in [1.29, 1.82) is 5.26 Å². The molecule has 0 unspecified atom stereocenters. The number of ether oxygens (including phenoxy) is 3. The number of allylic oxidation sites excluding steroid dienone is 1. The van der Waals surface area contributed by atoms with Gasteiger partial charge in [-0.25, -0.2) is 4.39 Å². The van der Waals surface area contributed by atoms with Gasteiger partial charge in [-0.3, -0.25) is 0 Å². The van der Waals surface area contributed by atoms with E-state index in [1.54, 1.807) is 24.3 Å². The van der Waals surface area contributed by atoms with Crippen LogP contribution in [0.25, 0.3) is 0 Å². The number of rotatable bonds is 5. The van der Waals surface area contributed by atoms with E-state index in [2.05, 4.69) is 22.0 Å². The van der Waals surface area contributed by atoms with Gasteiger partial charge in [0.25, 0.3) is 0 Å². The Morgan fingerprint density at radius 3 is 2.62 bits per heavy atom. The number of nitrogens with two attached hydrogens (primary N) is 1. The molecule has 1 aliphatic heterocycles. The van der Waals surface area contributed by atoms with Crippen LogP contribution in [0.15, 0.2) is 70.5 Å². The van der Waals surface area contributed by atoms with Crippen LogP contribution in [-0.4, -0.2) is 12.2 Å². The molecule has 162 valence electrons. The van der Waals surface area contributed by atoms with E-state index < -0.39 is 5.92 Å². The number of aromatic hydroxyl groups is 1. The minimum atomic E-state index is -0.527. The quantitative estimate of drug-likeness (QED) is 0.509. The molecular formula is C24H18BrFN2O4. The van der Waals surface area contributed by atoms with Crippen LogP contribution < -0.4 is 19.9 Å². The zero-order valence-electron chi connectivity index (χ0n) is 16.9. The molecule has 0 saturated carbocycles. The van der Waals surface area contributed by atoms with Crippen molar-refractivity contribution < 1.29 is 23.7 Å². The van der Waals surface area contributed by atoms with Crippen molar-refractivity contribution in [3.63, 3.8) is 0 Å². The maximum atomic E-state index is 13.1. The maximum Gasteiger partial charge on any atom is 0.205 e.